The van der Waals surface area contributed by atoms with Gasteiger partial charge >= 0.3 is 0 Å². The van der Waals surface area contributed by atoms with E-state index < -0.39 is 0 Å². The van der Waals surface area contributed by atoms with Crippen LogP contribution in [0, 0.1) is 11.3 Å². The van der Waals surface area contributed by atoms with Gasteiger partial charge in [0.05, 0.1) is 13.2 Å². The summed E-state index contributed by atoms with van der Waals surface area (Å²) in [6.07, 6.45) is 2.85. The summed E-state index contributed by atoms with van der Waals surface area (Å²) in [5, 5.41) is 0. The third-order valence-corrected chi connectivity index (χ3v) is 2.42. The van der Waals surface area contributed by atoms with Crippen molar-refractivity contribution in [2.24, 2.45) is 11.3 Å². The first-order chi connectivity index (χ1) is 6.47. The van der Waals surface area contributed by atoms with Crippen LogP contribution in [0.3, 0.4) is 0 Å². The lowest BCUT2D eigenvalue weighted by atomic mass is 9.84. The van der Waals surface area contributed by atoms with Gasteiger partial charge in [-0.15, -0.1) is 0 Å². The molecule has 0 N–H and O–H groups in total. The molecule has 2 heteroatoms. The van der Waals surface area contributed by atoms with E-state index in [0.29, 0.717) is 11.5 Å². The standard InChI is InChI=1S/C12H24O2/c1-10(7-12(2,3)4)5-6-13-8-11-9-14-11/h10-11H,5-9H2,1-4H3. The summed E-state index contributed by atoms with van der Waals surface area (Å²) >= 11 is 0. The van der Waals surface area contributed by atoms with Crippen molar-refractivity contribution >= 4 is 0 Å². The lowest BCUT2D eigenvalue weighted by molar-refractivity contribution is 0.101. The van der Waals surface area contributed by atoms with Gasteiger partial charge in [-0.1, -0.05) is 27.7 Å². The van der Waals surface area contributed by atoms with Crippen LogP contribution in [0.25, 0.3) is 0 Å². The third kappa shape index (κ3) is 6.39. The predicted molar refractivity (Wildman–Crippen MR) is 58.4 cm³/mol. The van der Waals surface area contributed by atoms with Crippen molar-refractivity contribution < 1.29 is 9.47 Å². The third-order valence-electron chi connectivity index (χ3n) is 2.42. The Bertz CT molecular complexity index is 156. The molecule has 1 saturated heterocycles. The zero-order valence-electron chi connectivity index (χ0n) is 10.0. The molecule has 0 amide bonds. The number of ether oxygens (including phenoxy) is 2. The van der Waals surface area contributed by atoms with Gasteiger partial charge in [-0.25, -0.2) is 0 Å². The van der Waals surface area contributed by atoms with Gasteiger partial charge in [-0.2, -0.15) is 0 Å². The van der Waals surface area contributed by atoms with Crippen molar-refractivity contribution in [1.29, 1.82) is 0 Å². The van der Waals surface area contributed by atoms with Gasteiger partial charge in [0.2, 0.25) is 0 Å². The summed E-state index contributed by atoms with van der Waals surface area (Å²) in [6, 6.07) is 0. The highest BCUT2D eigenvalue weighted by Crippen LogP contribution is 2.25. The molecule has 2 nitrogen and oxygen atoms in total. The summed E-state index contributed by atoms with van der Waals surface area (Å²) < 4.78 is 10.6. The molecule has 0 aromatic heterocycles. The Kier molecular flexibility index (Phi) is 4.39. The maximum Gasteiger partial charge on any atom is 0.104 e. The molecule has 0 aliphatic carbocycles. The molecule has 1 rings (SSSR count). The molecular weight excluding hydrogens is 176 g/mol. The van der Waals surface area contributed by atoms with Gasteiger partial charge in [0.1, 0.15) is 6.10 Å². The SMILES string of the molecule is CC(CCOCC1CO1)CC(C)(C)C. The minimum Gasteiger partial charge on any atom is -0.379 e. The Morgan fingerprint density at radius 2 is 2.07 bits per heavy atom. The average molecular weight is 200 g/mol. The molecule has 84 valence electrons. The number of epoxide rings is 1. The van der Waals surface area contributed by atoms with E-state index in [2.05, 4.69) is 27.7 Å². The zero-order chi connectivity index (χ0) is 10.6. The van der Waals surface area contributed by atoms with Crippen LogP contribution in [-0.4, -0.2) is 25.9 Å². The molecule has 1 aliphatic rings. The van der Waals surface area contributed by atoms with Crippen molar-refractivity contribution in [2.75, 3.05) is 19.8 Å². The van der Waals surface area contributed by atoms with Crippen molar-refractivity contribution in [3.63, 3.8) is 0 Å². The molecule has 2 atom stereocenters. The molecule has 0 saturated carbocycles. The monoisotopic (exact) mass is 200 g/mol. The fourth-order valence-corrected chi connectivity index (χ4v) is 1.81. The van der Waals surface area contributed by atoms with Crippen molar-refractivity contribution in [3.8, 4) is 0 Å². The first kappa shape index (κ1) is 12.0. The van der Waals surface area contributed by atoms with E-state index in [1.807, 2.05) is 0 Å². The molecule has 1 aliphatic heterocycles. The van der Waals surface area contributed by atoms with Gasteiger partial charge in [-0.3, -0.25) is 0 Å². The predicted octanol–water partition coefficient (Wildman–Crippen LogP) is 2.86. The van der Waals surface area contributed by atoms with E-state index >= 15 is 0 Å². The maximum atomic E-state index is 5.52. The van der Waals surface area contributed by atoms with Gasteiger partial charge in [0.25, 0.3) is 0 Å². The average Bonchev–Trinajstić information content (AvgIpc) is 2.77. The summed E-state index contributed by atoms with van der Waals surface area (Å²) in [5.41, 5.74) is 0.443. The number of rotatable bonds is 6. The zero-order valence-corrected chi connectivity index (χ0v) is 10.0. The van der Waals surface area contributed by atoms with Gasteiger partial charge in [0.15, 0.2) is 0 Å². The molecule has 1 heterocycles. The van der Waals surface area contributed by atoms with Crippen molar-refractivity contribution in [3.05, 3.63) is 0 Å². The molecule has 1 fully saturated rings. The largest absolute Gasteiger partial charge is 0.379 e. The molecule has 0 radical (unpaired) electrons. The number of hydrogen-bond donors (Lipinski definition) is 0. The topological polar surface area (TPSA) is 21.8 Å². The smallest absolute Gasteiger partial charge is 0.104 e. The van der Waals surface area contributed by atoms with Crippen LogP contribution < -0.4 is 0 Å². The van der Waals surface area contributed by atoms with E-state index in [9.17, 15) is 0 Å². The summed E-state index contributed by atoms with van der Waals surface area (Å²) in [6.45, 7) is 11.8. The highest BCUT2D eigenvalue weighted by molar-refractivity contribution is 4.68. The highest BCUT2D eigenvalue weighted by atomic mass is 16.6. The second-order valence-corrected chi connectivity index (χ2v) is 5.69. The van der Waals surface area contributed by atoms with Crippen LogP contribution in [0.1, 0.15) is 40.5 Å². The fourth-order valence-electron chi connectivity index (χ4n) is 1.81. The van der Waals surface area contributed by atoms with Gasteiger partial charge in [-0.05, 0) is 24.2 Å². The van der Waals surface area contributed by atoms with Gasteiger partial charge in [0, 0.05) is 6.61 Å². The van der Waals surface area contributed by atoms with Crippen LogP contribution in [0.2, 0.25) is 0 Å². The Labute approximate surface area is 88.0 Å². The van der Waals surface area contributed by atoms with Crippen molar-refractivity contribution in [2.45, 2.75) is 46.6 Å². The molecule has 2 unspecified atom stereocenters. The van der Waals surface area contributed by atoms with E-state index in [4.69, 9.17) is 9.47 Å². The molecule has 14 heavy (non-hydrogen) atoms. The van der Waals surface area contributed by atoms with Crippen LogP contribution in [0.5, 0.6) is 0 Å². The first-order valence-electron chi connectivity index (χ1n) is 5.67. The molecular formula is C12H24O2. The highest BCUT2D eigenvalue weighted by Gasteiger charge is 2.22. The number of hydrogen-bond acceptors (Lipinski definition) is 2. The Morgan fingerprint density at radius 3 is 2.57 bits per heavy atom. The van der Waals surface area contributed by atoms with Crippen LogP contribution in [0.15, 0.2) is 0 Å². The second-order valence-electron chi connectivity index (χ2n) is 5.69. The Morgan fingerprint density at radius 1 is 1.43 bits per heavy atom. The van der Waals surface area contributed by atoms with Crippen LogP contribution in [-0.2, 0) is 9.47 Å². The van der Waals surface area contributed by atoms with Crippen LogP contribution >= 0.6 is 0 Å². The molecule has 0 spiro atoms. The summed E-state index contributed by atoms with van der Waals surface area (Å²) in [7, 11) is 0. The molecule has 0 aromatic carbocycles. The lowest BCUT2D eigenvalue weighted by Gasteiger charge is -2.23. The first-order valence-corrected chi connectivity index (χ1v) is 5.67. The maximum absolute atomic E-state index is 5.52. The van der Waals surface area contributed by atoms with E-state index in [-0.39, 0.29) is 0 Å². The van der Waals surface area contributed by atoms with Crippen LogP contribution in [0.4, 0.5) is 0 Å². The van der Waals surface area contributed by atoms with E-state index in [0.717, 1.165) is 25.7 Å². The Balaban J connectivity index is 1.93. The minimum absolute atomic E-state index is 0.410. The Hall–Kier alpha value is -0.0800. The van der Waals surface area contributed by atoms with E-state index in [1.165, 1.54) is 12.8 Å². The normalized spacial score (nSPS) is 23.6. The van der Waals surface area contributed by atoms with Crippen molar-refractivity contribution in [1.82, 2.24) is 0 Å². The van der Waals surface area contributed by atoms with Gasteiger partial charge < -0.3 is 9.47 Å². The van der Waals surface area contributed by atoms with E-state index in [1.54, 1.807) is 0 Å². The fraction of sp³-hybridized carbons (Fsp3) is 1.00. The summed E-state index contributed by atoms with van der Waals surface area (Å²) in [4.78, 5) is 0. The lowest BCUT2D eigenvalue weighted by Crippen LogP contribution is -2.13. The quantitative estimate of drug-likeness (QED) is 0.486. The minimum atomic E-state index is 0.410. The molecule has 0 aromatic rings. The summed E-state index contributed by atoms with van der Waals surface area (Å²) in [5.74, 6) is 0.759. The second kappa shape index (κ2) is 5.13. The molecule has 0 bridgehead atoms.